The zero-order chi connectivity index (χ0) is 20.0. The molecular formula is C13H18N5O8P. The van der Waals surface area contributed by atoms with Crippen LogP contribution in [-0.2, 0) is 13.8 Å². The Kier molecular flexibility index (Phi) is 4.94. The Morgan fingerprint density at radius 2 is 2.22 bits per heavy atom. The van der Waals surface area contributed by atoms with E-state index in [9.17, 15) is 14.8 Å². The summed E-state index contributed by atoms with van der Waals surface area (Å²) in [7, 11) is -4.79. The Hall–Kier alpha value is -2.12. The average Bonchev–Trinajstić information content (AvgIpc) is 3.03. The highest BCUT2D eigenvalue weighted by atomic mass is 31.2. The van der Waals surface area contributed by atoms with E-state index in [0.29, 0.717) is 10.9 Å². The second-order valence-electron chi connectivity index (χ2n) is 6.18. The lowest BCUT2D eigenvalue weighted by atomic mass is 9.96. The van der Waals surface area contributed by atoms with Gasteiger partial charge in [0.1, 0.15) is 35.6 Å². The van der Waals surface area contributed by atoms with Crippen molar-refractivity contribution in [3.63, 3.8) is 0 Å². The number of aromatic nitrogens is 3. The van der Waals surface area contributed by atoms with E-state index < -0.39 is 38.5 Å². The number of oxime groups is 1. The number of aliphatic hydroxyl groups is 2. The van der Waals surface area contributed by atoms with Crippen LogP contribution < -0.4 is 5.73 Å². The summed E-state index contributed by atoms with van der Waals surface area (Å²) in [5.74, 6) is 0.0909. The lowest BCUT2D eigenvalue weighted by molar-refractivity contribution is -0.0947. The molecule has 2 aromatic rings. The van der Waals surface area contributed by atoms with Crippen molar-refractivity contribution in [2.45, 2.75) is 31.0 Å². The predicted octanol–water partition coefficient (Wildman–Crippen LogP) is -1.06. The summed E-state index contributed by atoms with van der Waals surface area (Å²) in [6.07, 6.45) is -0.274. The Morgan fingerprint density at radius 3 is 2.85 bits per heavy atom. The molecular weight excluding hydrogens is 385 g/mol. The quantitative estimate of drug-likeness (QED) is 0.153. The van der Waals surface area contributed by atoms with Crippen LogP contribution in [0.4, 0.5) is 5.82 Å². The van der Waals surface area contributed by atoms with Crippen LogP contribution in [-0.4, -0.2) is 70.4 Å². The molecule has 4 atom stereocenters. The second kappa shape index (κ2) is 6.80. The third kappa shape index (κ3) is 3.53. The number of nitrogens with two attached hydrogens (primary N) is 1. The fourth-order valence-corrected chi connectivity index (χ4v) is 3.37. The van der Waals surface area contributed by atoms with Crippen molar-refractivity contribution < 1.29 is 39.0 Å². The van der Waals surface area contributed by atoms with E-state index in [2.05, 4.69) is 19.6 Å². The minimum absolute atomic E-state index is 0.0909. The molecule has 0 aliphatic carbocycles. The molecule has 3 unspecified atom stereocenters. The van der Waals surface area contributed by atoms with Gasteiger partial charge in [-0.15, -0.1) is 0 Å². The summed E-state index contributed by atoms with van der Waals surface area (Å²) in [6.45, 7) is 0.634. The first-order chi connectivity index (χ1) is 12.6. The molecule has 0 radical (unpaired) electrons. The van der Waals surface area contributed by atoms with Gasteiger partial charge in [0.25, 0.3) is 0 Å². The fraction of sp³-hybridized carbons (Fsp3) is 0.462. The molecule has 3 rings (SSSR count). The molecule has 0 saturated carbocycles. The van der Waals surface area contributed by atoms with Gasteiger partial charge < -0.3 is 40.2 Å². The van der Waals surface area contributed by atoms with E-state index in [1.807, 2.05) is 0 Å². The topological polar surface area (TPSA) is 206 Å². The molecule has 13 nitrogen and oxygen atoms in total. The number of nitrogens with zero attached hydrogens (tertiary/aromatic N) is 4. The maximum atomic E-state index is 10.9. The first-order valence-electron chi connectivity index (χ1n) is 7.60. The molecule has 27 heavy (non-hydrogen) atoms. The number of phosphoric ester groups is 1. The smallest absolute Gasteiger partial charge is 0.411 e. The van der Waals surface area contributed by atoms with Crippen LogP contribution in [0.5, 0.6) is 0 Å². The van der Waals surface area contributed by atoms with Crippen molar-refractivity contribution >= 4 is 30.9 Å². The minimum Gasteiger partial charge on any atom is -0.411 e. The van der Waals surface area contributed by atoms with Crippen molar-refractivity contribution in [2.24, 2.45) is 5.16 Å². The number of hydrogen-bond donors (Lipinski definition) is 6. The molecule has 0 amide bonds. The van der Waals surface area contributed by atoms with Gasteiger partial charge in [0, 0.05) is 11.8 Å². The molecule has 1 fully saturated rings. The number of ether oxygens (including phenoxy) is 1. The number of nitrogen functional groups attached to an aromatic ring is 1. The van der Waals surface area contributed by atoms with Crippen LogP contribution in [0.2, 0.25) is 0 Å². The fourth-order valence-electron chi connectivity index (χ4n) is 3.02. The second-order valence-corrected chi connectivity index (χ2v) is 7.42. The van der Waals surface area contributed by atoms with E-state index in [1.54, 1.807) is 0 Å². The van der Waals surface area contributed by atoms with Crippen LogP contribution in [0.15, 0.2) is 17.7 Å². The molecule has 1 aliphatic rings. The van der Waals surface area contributed by atoms with E-state index >= 15 is 0 Å². The van der Waals surface area contributed by atoms with E-state index in [0.717, 1.165) is 6.21 Å². The van der Waals surface area contributed by atoms with E-state index in [4.69, 9.17) is 25.5 Å². The van der Waals surface area contributed by atoms with Gasteiger partial charge in [0.05, 0.1) is 18.2 Å². The average molecular weight is 403 g/mol. The van der Waals surface area contributed by atoms with Gasteiger partial charge in [-0.2, -0.15) is 0 Å². The highest BCUT2D eigenvalue weighted by Gasteiger charge is 2.54. The van der Waals surface area contributed by atoms with Crippen molar-refractivity contribution in [3.8, 4) is 0 Å². The van der Waals surface area contributed by atoms with E-state index in [1.165, 1.54) is 24.0 Å². The first kappa shape index (κ1) is 19.6. The van der Waals surface area contributed by atoms with Gasteiger partial charge in [0.15, 0.2) is 6.23 Å². The molecule has 14 heteroatoms. The summed E-state index contributed by atoms with van der Waals surface area (Å²) in [6, 6.07) is 0. The maximum Gasteiger partial charge on any atom is 0.469 e. The van der Waals surface area contributed by atoms with Crippen LogP contribution in [0.3, 0.4) is 0 Å². The number of anilines is 1. The molecule has 0 spiro atoms. The summed E-state index contributed by atoms with van der Waals surface area (Å²) < 4.78 is 22.2. The summed E-state index contributed by atoms with van der Waals surface area (Å²) in [5.41, 5.74) is 4.53. The third-order valence-electron chi connectivity index (χ3n) is 4.28. The van der Waals surface area contributed by atoms with Gasteiger partial charge in [0.2, 0.25) is 0 Å². The number of fused-ring (bicyclic) bond motifs is 1. The van der Waals surface area contributed by atoms with Crippen LogP contribution in [0.25, 0.3) is 11.0 Å². The van der Waals surface area contributed by atoms with Gasteiger partial charge in [-0.05, 0) is 6.92 Å². The van der Waals surface area contributed by atoms with Gasteiger partial charge >= 0.3 is 7.82 Å². The SMILES string of the molecule is C[C@@]1(O)C(O)C(COP(=O)(O)O)OC1n1cc(/C=N/O)c2c(N)ncnc21. The third-order valence-corrected chi connectivity index (χ3v) is 4.76. The van der Waals surface area contributed by atoms with Crippen LogP contribution in [0, 0.1) is 0 Å². The minimum atomic E-state index is -4.79. The van der Waals surface area contributed by atoms with Crippen LogP contribution in [0.1, 0.15) is 18.7 Å². The monoisotopic (exact) mass is 403 g/mol. The molecule has 1 aliphatic heterocycles. The number of rotatable bonds is 5. The lowest BCUT2D eigenvalue weighted by Gasteiger charge is -2.27. The summed E-state index contributed by atoms with van der Waals surface area (Å²) >= 11 is 0. The lowest BCUT2D eigenvalue weighted by Crippen LogP contribution is -2.44. The molecule has 1 saturated heterocycles. The number of aliphatic hydroxyl groups excluding tert-OH is 1. The zero-order valence-electron chi connectivity index (χ0n) is 13.9. The summed E-state index contributed by atoms with van der Waals surface area (Å²) in [4.78, 5) is 25.6. The predicted molar refractivity (Wildman–Crippen MR) is 89.9 cm³/mol. The molecule has 0 aromatic carbocycles. The van der Waals surface area contributed by atoms with Crippen LogP contribution >= 0.6 is 7.82 Å². The van der Waals surface area contributed by atoms with Gasteiger partial charge in [-0.3, -0.25) is 4.52 Å². The number of hydrogen-bond acceptors (Lipinski definition) is 10. The van der Waals surface area contributed by atoms with E-state index in [-0.39, 0.29) is 11.5 Å². The normalized spacial score (nSPS) is 29.1. The van der Waals surface area contributed by atoms with Gasteiger partial charge in [-0.1, -0.05) is 5.16 Å². The van der Waals surface area contributed by atoms with Crippen molar-refractivity contribution in [1.82, 2.24) is 14.5 Å². The standard InChI is InChI=1S/C13H18N5O8P/c1-13(20)9(19)7(4-25-27(22,23)24)26-12(13)18-3-6(2-17-21)8-10(14)15-5-16-11(8)18/h2-3,5,7,9,12,19-21H,4H2,1H3,(H2,14,15,16)(H2,22,23,24)/b17-2+/t7?,9?,12?,13-/m1/s1. The van der Waals surface area contributed by atoms with Crippen molar-refractivity contribution in [3.05, 3.63) is 18.1 Å². The molecule has 0 bridgehead atoms. The highest BCUT2D eigenvalue weighted by molar-refractivity contribution is 7.46. The first-order valence-corrected chi connectivity index (χ1v) is 9.13. The number of phosphoric acid groups is 1. The highest BCUT2D eigenvalue weighted by Crippen LogP contribution is 2.43. The maximum absolute atomic E-state index is 10.9. The molecule has 148 valence electrons. The Morgan fingerprint density at radius 1 is 1.52 bits per heavy atom. The molecule has 2 aromatic heterocycles. The zero-order valence-corrected chi connectivity index (χ0v) is 14.8. The Balaban J connectivity index is 2.03. The van der Waals surface area contributed by atoms with Gasteiger partial charge in [-0.25, -0.2) is 14.5 Å². The Bertz CT molecular complexity index is 925. The summed E-state index contributed by atoms with van der Waals surface area (Å²) in [5, 5.41) is 33.2. The van der Waals surface area contributed by atoms with Crippen molar-refractivity contribution in [1.29, 1.82) is 0 Å². The Labute approximate surface area is 151 Å². The molecule has 7 N–H and O–H groups in total. The largest absolute Gasteiger partial charge is 0.469 e. The van der Waals surface area contributed by atoms with Crippen molar-refractivity contribution in [2.75, 3.05) is 12.3 Å². The molecule has 3 heterocycles.